The van der Waals surface area contributed by atoms with Crippen LogP contribution in [0.3, 0.4) is 0 Å². The van der Waals surface area contributed by atoms with Crippen LogP contribution in [-0.2, 0) is 5.41 Å². The molecule has 0 spiro atoms. The highest BCUT2D eigenvalue weighted by Gasteiger charge is 2.22. The van der Waals surface area contributed by atoms with Gasteiger partial charge in [-0.15, -0.1) is 0 Å². The van der Waals surface area contributed by atoms with Crippen molar-refractivity contribution in [2.24, 2.45) is 0 Å². The predicted molar refractivity (Wildman–Crippen MR) is 240 cm³/mol. The first-order valence-electron chi connectivity index (χ1n) is 20.2. The summed E-state index contributed by atoms with van der Waals surface area (Å²) in [5.74, 6) is 2.39. The number of hydrogen-bond acceptors (Lipinski definition) is 2. The van der Waals surface area contributed by atoms with Crippen molar-refractivity contribution < 1.29 is 9.30 Å². The van der Waals surface area contributed by atoms with Gasteiger partial charge in [0.15, 0.2) is 0 Å². The number of benzene rings is 7. The second-order valence-electron chi connectivity index (χ2n) is 16.8. The molecule has 0 aliphatic carbocycles. The molecule has 0 fully saturated rings. The monoisotopic (exact) mass is 761 g/mol. The molecule has 0 unspecified atom stereocenters. The Bertz CT molecular complexity index is 3570. The Morgan fingerprint density at radius 1 is 0.559 bits per heavy atom. The zero-order valence-corrected chi connectivity index (χ0v) is 33.2. The Balaban J connectivity index is 0.975. The van der Waals surface area contributed by atoms with E-state index in [4.69, 9.17) is 9.72 Å². The number of aryl methyl sites for hydroxylation is 1. The van der Waals surface area contributed by atoms with Gasteiger partial charge in [-0.3, -0.25) is 13.7 Å². The molecule has 282 valence electrons. The zero-order chi connectivity index (χ0) is 39.6. The van der Waals surface area contributed by atoms with Crippen molar-refractivity contribution in [3.05, 3.63) is 181 Å². The SMILES string of the molecule is Cc1ccc2c(c1)c1ccc(Oc3cccc(-n4[c-][n+](-c5cc6c7ccccc7n7c8ccccc8c(c5)c67)c5ccccc54)c3)cc1n2-c1cc(C(C)(C)C)ccn1. The minimum absolute atomic E-state index is 0.00785. The van der Waals surface area contributed by atoms with Gasteiger partial charge in [0.2, 0.25) is 0 Å². The molecule has 7 aromatic carbocycles. The highest BCUT2D eigenvalue weighted by Crippen LogP contribution is 2.41. The van der Waals surface area contributed by atoms with Gasteiger partial charge >= 0.3 is 0 Å². The molecule has 0 aliphatic heterocycles. The molecular formula is C53H39N5O. The molecule has 0 radical (unpaired) electrons. The van der Waals surface area contributed by atoms with Crippen molar-refractivity contribution in [2.45, 2.75) is 33.1 Å². The standard InChI is InChI=1S/C53H39N5O/c1-33-20-23-47-42(26-33)41-22-21-38(31-50(41)57(47)51-27-34(24-25-54-51)53(2,3)4)59-37-13-11-12-35(28-37)55-32-56(49-19-10-9-18-48(49)55)36-29-43-39-14-5-7-16-45(39)58-46-17-8-6-15-40(46)44(30-36)52(43)58/h5-31H,1-4H3. The number of aromatic nitrogens is 5. The molecule has 0 atom stereocenters. The number of rotatable bonds is 5. The second-order valence-corrected chi connectivity index (χ2v) is 16.8. The van der Waals surface area contributed by atoms with Crippen LogP contribution in [0.15, 0.2) is 164 Å². The third-order valence-corrected chi connectivity index (χ3v) is 12.1. The third-order valence-electron chi connectivity index (χ3n) is 12.1. The number of ether oxygens (including phenoxy) is 1. The normalized spacial score (nSPS) is 12.4. The van der Waals surface area contributed by atoms with Crippen LogP contribution in [0.1, 0.15) is 31.9 Å². The van der Waals surface area contributed by atoms with Crippen LogP contribution >= 0.6 is 0 Å². The van der Waals surface area contributed by atoms with Crippen LogP contribution in [-0.4, -0.2) is 18.5 Å². The van der Waals surface area contributed by atoms with E-state index in [0.29, 0.717) is 0 Å². The van der Waals surface area contributed by atoms with Crippen LogP contribution in [0.2, 0.25) is 0 Å². The number of nitrogens with zero attached hydrogens (tertiary/aromatic N) is 5. The van der Waals surface area contributed by atoms with Crippen LogP contribution in [0.25, 0.3) is 88.1 Å². The lowest BCUT2D eigenvalue weighted by Gasteiger charge is -2.20. The molecule has 0 bridgehead atoms. The van der Waals surface area contributed by atoms with Gasteiger partial charge in [-0.05, 0) is 96.8 Å². The number of hydrogen-bond donors (Lipinski definition) is 0. The number of imidazole rings is 1. The maximum absolute atomic E-state index is 6.72. The zero-order valence-electron chi connectivity index (χ0n) is 33.2. The fraction of sp³-hybridized carbons (Fsp3) is 0.0943. The summed E-state index contributed by atoms with van der Waals surface area (Å²) in [5, 5.41) is 7.33. The van der Waals surface area contributed by atoms with Crippen molar-refractivity contribution in [1.82, 2.24) is 18.5 Å². The Morgan fingerprint density at radius 2 is 1.25 bits per heavy atom. The molecule has 0 N–H and O–H groups in total. The minimum Gasteiger partial charge on any atom is -0.458 e. The summed E-state index contributed by atoms with van der Waals surface area (Å²) >= 11 is 0. The molecule has 6 nitrogen and oxygen atoms in total. The van der Waals surface area contributed by atoms with Crippen molar-refractivity contribution >= 4 is 70.9 Å². The van der Waals surface area contributed by atoms with Gasteiger partial charge in [-0.2, -0.15) is 0 Å². The summed E-state index contributed by atoms with van der Waals surface area (Å²) in [4.78, 5) is 4.89. The second kappa shape index (κ2) is 12.3. The molecule has 0 aliphatic rings. The van der Waals surface area contributed by atoms with Crippen molar-refractivity contribution in [3.8, 4) is 28.7 Å². The minimum atomic E-state index is -0.00785. The molecule has 0 amide bonds. The lowest BCUT2D eigenvalue weighted by molar-refractivity contribution is -0.572. The van der Waals surface area contributed by atoms with Crippen molar-refractivity contribution in [3.63, 3.8) is 0 Å². The topological polar surface area (TPSA) is 40.3 Å². The highest BCUT2D eigenvalue weighted by molar-refractivity contribution is 6.23. The van der Waals surface area contributed by atoms with E-state index >= 15 is 0 Å². The van der Waals surface area contributed by atoms with E-state index < -0.39 is 0 Å². The molecule has 6 heteroatoms. The summed E-state index contributed by atoms with van der Waals surface area (Å²) < 4.78 is 15.7. The molecule has 5 heterocycles. The van der Waals surface area contributed by atoms with Gasteiger partial charge in [0.1, 0.15) is 17.3 Å². The quantitative estimate of drug-likeness (QED) is 0.129. The third kappa shape index (κ3) is 5.06. The summed E-state index contributed by atoms with van der Waals surface area (Å²) in [7, 11) is 0. The maximum atomic E-state index is 6.72. The lowest BCUT2D eigenvalue weighted by Crippen LogP contribution is -2.29. The molecule has 0 saturated heterocycles. The van der Waals surface area contributed by atoms with E-state index in [1.165, 1.54) is 54.6 Å². The first-order chi connectivity index (χ1) is 28.8. The lowest BCUT2D eigenvalue weighted by atomic mass is 9.88. The van der Waals surface area contributed by atoms with E-state index in [9.17, 15) is 0 Å². The molecular weight excluding hydrogens is 723 g/mol. The predicted octanol–water partition coefficient (Wildman–Crippen LogP) is 12.7. The summed E-state index contributed by atoms with van der Waals surface area (Å²) in [6.07, 6.45) is 5.68. The van der Waals surface area contributed by atoms with Crippen molar-refractivity contribution in [1.29, 1.82) is 0 Å². The van der Waals surface area contributed by atoms with Gasteiger partial charge in [0, 0.05) is 44.6 Å². The Morgan fingerprint density at radius 3 is 2.02 bits per heavy atom. The average molecular weight is 762 g/mol. The van der Waals surface area contributed by atoms with Gasteiger partial charge in [0.25, 0.3) is 6.33 Å². The van der Waals surface area contributed by atoms with E-state index in [-0.39, 0.29) is 5.41 Å². The largest absolute Gasteiger partial charge is 0.458 e. The molecule has 0 saturated carbocycles. The Labute approximate surface area is 340 Å². The Kier molecular flexibility index (Phi) is 7.01. The molecule has 12 rings (SSSR count). The van der Waals surface area contributed by atoms with E-state index in [1.54, 1.807) is 0 Å². The van der Waals surface area contributed by atoms with Crippen LogP contribution in [0, 0.1) is 13.3 Å². The highest BCUT2D eigenvalue weighted by atomic mass is 16.5. The van der Waals surface area contributed by atoms with Gasteiger partial charge in [-0.25, -0.2) is 4.98 Å². The molecule has 12 aromatic rings. The van der Waals surface area contributed by atoms with E-state index in [2.05, 4.69) is 204 Å². The average Bonchev–Trinajstić information content (AvgIpc) is 3.99. The van der Waals surface area contributed by atoms with Crippen LogP contribution < -0.4 is 9.30 Å². The smallest absolute Gasteiger partial charge is 0.269 e. The van der Waals surface area contributed by atoms with E-state index in [1.807, 2.05) is 12.3 Å². The summed E-state index contributed by atoms with van der Waals surface area (Å²) in [6.45, 7) is 8.86. The molecule has 59 heavy (non-hydrogen) atoms. The summed E-state index contributed by atoms with van der Waals surface area (Å²) in [6, 6.07) is 56.2. The Hall–Kier alpha value is -7.44. The van der Waals surface area contributed by atoms with E-state index in [0.717, 1.165) is 56.1 Å². The van der Waals surface area contributed by atoms with Crippen LogP contribution in [0.4, 0.5) is 0 Å². The maximum Gasteiger partial charge on any atom is 0.269 e. The van der Waals surface area contributed by atoms with Gasteiger partial charge < -0.3 is 9.14 Å². The molecule has 5 aromatic heterocycles. The van der Waals surface area contributed by atoms with Gasteiger partial charge in [0.05, 0.1) is 50.0 Å². The first kappa shape index (κ1) is 33.7. The number of pyridine rings is 1. The fourth-order valence-electron chi connectivity index (χ4n) is 9.26. The van der Waals surface area contributed by atoms with Crippen molar-refractivity contribution in [2.75, 3.05) is 0 Å². The van der Waals surface area contributed by atoms with Crippen LogP contribution in [0.5, 0.6) is 11.5 Å². The fourth-order valence-corrected chi connectivity index (χ4v) is 9.26. The number of fused-ring (bicyclic) bond motifs is 10. The number of para-hydroxylation sites is 4. The summed E-state index contributed by atoms with van der Waals surface area (Å²) in [5.41, 5.74) is 12.5. The first-order valence-corrected chi connectivity index (χ1v) is 20.2. The van der Waals surface area contributed by atoms with Gasteiger partial charge in [-0.1, -0.05) is 99.1 Å².